The minimum atomic E-state index is 0.746. The van der Waals surface area contributed by atoms with Crippen molar-refractivity contribution in [1.29, 1.82) is 0 Å². The number of nitrogens with zero attached hydrogens (tertiary/aromatic N) is 2. The van der Waals surface area contributed by atoms with Crippen LogP contribution in [-0.2, 0) is 0 Å². The van der Waals surface area contributed by atoms with E-state index in [1.165, 1.54) is 0 Å². The first-order valence-corrected chi connectivity index (χ1v) is 7.02. The molecule has 0 aliphatic heterocycles. The monoisotopic (exact) mass is 312 g/mol. The Balaban J connectivity index is 2.78. The molecule has 4 heteroatoms. The quantitative estimate of drug-likeness (QED) is 0.723. The molecule has 0 atom stereocenters. The summed E-state index contributed by atoms with van der Waals surface area (Å²) in [5.74, 6) is 0. The first kappa shape index (κ1) is 15.2. The van der Waals surface area contributed by atoms with Crippen molar-refractivity contribution in [2.45, 2.75) is 13.3 Å². The Kier molecular flexibility index (Phi) is 6.36. The lowest BCUT2D eigenvalue weighted by Crippen LogP contribution is -2.27. The second-order valence-electron chi connectivity index (χ2n) is 4.56. The largest absolute Gasteiger partial charge is 0.371 e. The summed E-state index contributed by atoms with van der Waals surface area (Å²) < 4.78 is 0.942. The molecule has 0 saturated carbocycles. The van der Waals surface area contributed by atoms with Crippen LogP contribution < -0.4 is 4.90 Å². The standard InChI is InChI=1S/C14H21BrN2O/c1-4-17(9-5-8-16(2)3)14-7-6-13(15)10-12(14)11-18/h6-7,10-11H,4-5,8-9H2,1-3H3. The van der Waals surface area contributed by atoms with Gasteiger partial charge in [-0.1, -0.05) is 15.9 Å². The lowest BCUT2D eigenvalue weighted by molar-refractivity contribution is 0.112. The van der Waals surface area contributed by atoms with Gasteiger partial charge in [0, 0.05) is 28.8 Å². The van der Waals surface area contributed by atoms with Gasteiger partial charge in [-0.3, -0.25) is 4.79 Å². The van der Waals surface area contributed by atoms with Gasteiger partial charge >= 0.3 is 0 Å². The number of halogens is 1. The number of anilines is 1. The van der Waals surface area contributed by atoms with Crippen LogP contribution in [-0.4, -0.2) is 44.9 Å². The van der Waals surface area contributed by atoms with E-state index < -0.39 is 0 Å². The first-order chi connectivity index (χ1) is 8.58. The summed E-state index contributed by atoms with van der Waals surface area (Å²) in [7, 11) is 4.15. The van der Waals surface area contributed by atoms with Gasteiger partial charge in [-0.05, 0) is 52.2 Å². The topological polar surface area (TPSA) is 23.6 Å². The van der Waals surface area contributed by atoms with Crippen molar-refractivity contribution in [1.82, 2.24) is 4.90 Å². The second-order valence-corrected chi connectivity index (χ2v) is 5.47. The molecule has 0 heterocycles. The first-order valence-electron chi connectivity index (χ1n) is 6.23. The Bertz CT molecular complexity index is 393. The van der Waals surface area contributed by atoms with Crippen LogP contribution in [0.2, 0.25) is 0 Å². The van der Waals surface area contributed by atoms with Gasteiger partial charge in [0.1, 0.15) is 0 Å². The maximum absolute atomic E-state index is 11.1. The molecule has 1 aromatic carbocycles. The molecule has 0 saturated heterocycles. The van der Waals surface area contributed by atoms with Crippen molar-refractivity contribution in [3.8, 4) is 0 Å². The minimum Gasteiger partial charge on any atom is -0.371 e. The summed E-state index contributed by atoms with van der Waals surface area (Å²) in [5.41, 5.74) is 1.77. The van der Waals surface area contributed by atoms with Crippen LogP contribution in [0.15, 0.2) is 22.7 Å². The van der Waals surface area contributed by atoms with Gasteiger partial charge in [0.25, 0.3) is 0 Å². The van der Waals surface area contributed by atoms with E-state index >= 15 is 0 Å². The lowest BCUT2D eigenvalue weighted by atomic mass is 10.1. The molecule has 0 bridgehead atoms. The fraction of sp³-hybridized carbons (Fsp3) is 0.500. The normalized spacial score (nSPS) is 10.7. The maximum atomic E-state index is 11.1. The number of aldehydes is 1. The van der Waals surface area contributed by atoms with Gasteiger partial charge in [-0.15, -0.1) is 0 Å². The Morgan fingerprint density at radius 3 is 2.56 bits per heavy atom. The zero-order valence-electron chi connectivity index (χ0n) is 11.3. The molecule has 3 nitrogen and oxygen atoms in total. The van der Waals surface area contributed by atoms with Crippen LogP contribution in [0.25, 0.3) is 0 Å². The Hall–Kier alpha value is -0.870. The third-order valence-electron chi connectivity index (χ3n) is 2.87. The lowest BCUT2D eigenvalue weighted by Gasteiger charge is -2.25. The zero-order valence-corrected chi connectivity index (χ0v) is 12.9. The van der Waals surface area contributed by atoms with Gasteiger partial charge in [-0.2, -0.15) is 0 Å². The fourth-order valence-electron chi connectivity index (χ4n) is 1.93. The van der Waals surface area contributed by atoms with Gasteiger partial charge in [-0.25, -0.2) is 0 Å². The fourth-order valence-corrected chi connectivity index (χ4v) is 2.31. The SMILES string of the molecule is CCN(CCCN(C)C)c1ccc(Br)cc1C=O. The summed E-state index contributed by atoms with van der Waals surface area (Å²) in [6.07, 6.45) is 2.02. The molecule has 1 rings (SSSR count). The molecular weight excluding hydrogens is 292 g/mol. The third-order valence-corrected chi connectivity index (χ3v) is 3.37. The van der Waals surface area contributed by atoms with Crippen LogP contribution >= 0.6 is 15.9 Å². The molecule has 0 N–H and O–H groups in total. The highest BCUT2D eigenvalue weighted by Gasteiger charge is 2.09. The summed E-state index contributed by atoms with van der Waals surface area (Å²) >= 11 is 3.40. The third kappa shape index (κ3) is 4.42. The van der Waals surface area contributed by atoms with E-state index in [0.29, 0.717) is 0 Å². The number of hydrogen-bond donors (Lipinski definition) is 0. The van der Waals surface area contributed by atoms with E-state index in [2.05, 4.69) is 46.7 Å². The van der Waals surface area contributed by atoms with Crippen molar-refractivity contribution in [2.75, 3.05) is 38.6 Å². The zero-order chi connectivity index (χ0) is 13.5. The molecule has 0 unspecified atom stereocenters. The summed E-state index contributed by atoms with van der Waals surface area (Å²) in [6.45, 7) is 5.06. The van der Waals surface area contributed by atoms with Crippen molar-refractivity contribution in [2.24, 2.45) is 0 Å². The van der Waals surface area contributed by atoms with E-state index in [9.17, 15) is 4.79 Å². The van der Waals surface area contributed by atoms with Crippen LogP contribution in [0.4, 0.5) is 5.69 Å². The number of benzene rings is 1. The molecule has 0 fully saturated rings. The van der Waals surface area contributed by atoms with E-state index in [1.807, 2.05) is 18.2 Å². The highest BCUT2D eigenvalue weighted by Crippen LogP contribution is 2.23. The molecule has 1 aromatic rings. The molecule has 0 amide bonds. The molecule has 0 spiro atoms. The Morgan fingerprint density at radius 2 is 2.00 bits per heavy atom. The van der Waals surface area contributed by atoms with Gasteiger partial charge in [0.15, 0.2) is 6.29 Å². The number of rotatable bonds is 7. The van der Waals surface area contributed by atoms with Gasteiger partial charge in [0.2, 0.25) is 0 Å². The molecule has 0 aliphatic carbocycles. The molecule has 100 valence electrons. The van der Waals surface area contributed by atoms with Crippen LogP contribution in [0, 0.1) is 0 Å². The highest BCUT2D eigenvalue weighted by molar-refractivity contribution is 9.10. The predicted molar refractivity (Wildman–Crippen MR) is 80.6 cm³/mol. The van der Waals surface area contributed by atoms with Crippen LogP contribution in [0.1, 0.15) is 23.7 Å². The second kappa shape index (κ2) is 7.54. The molecule has 0 radical (unpaired) electrons. The minimum absolute atomic E-state index is 0.746. The maximum Gasteiger partial charge on any atom is 0.152 e. The summed E-state index contributed by atoms with van der Waals surface area (Å²) in [5, 5.41) is 0. The van der Waals surface area contributed by atoms with E-state index in [1.54, 1.807) is 0 Å². The smallest absolute Gasteiger partial charge is 0.152 e. The Morgan fingerprint density at radius 1 is 1.28 bits per heavy atom. The average Bonchev–Trinajstić information content (AvgIpc) is 2.34. The van der Waals surface area contributed by atoms with Gasteiger partial charge < -0.3 is 9.80 Å². The van der Waals surface area contributed by atoms with Crippen molar-refractivity contribution in [3.05, 3.63) is 28.2 Å². The molecular formula is C14H21BrN2O. The van der Waals surface area contributed by atoms with Crippen LogP contribution in [0.3, 0.4) is 0 Å². The van der Waals surface area contributed by atoms with E-state index in [-0.39, 0.29) is 0 Å². The van der Waals surface area contributed by atoms with Crippen molar-refractivity contribution in [3.63, 3.8) is 0 Å². The summed E-state index contributed by atoms with van der Waals surface area (Å²) in [4.78, 5) is 15.6. The Labute approximate surface area is 118 Å². The van der Waals surface area contributed by atoms with E-state index in [0.717, 1.165) is 48.1 Å². The predicted octanol–water partition coefficient (Wildman–Crippen LogP) is 3.04. The number of hydrogen-bond acceptors (Lipinski definition) is 3. The number of carbonyl (C=O) groups excluding carboxylic acids is 1. The average molecular weight is 313 g/mol. The van der Waals surface area contributed by atoms with Crippen LogP contribution in [0.5, 0.6) is 0 Å². The molecule has 18 heavy (non-hydrogen) atoms. The van der Waals surface area contributed by atoms with Crippen molar-refractivity contribution >= 4 is 27.9 Å². The number of carbonyl (C=O) groups is 1. The van der Waals surface area contributed by atoms with Gasteiger partial charge in [0.05, 0.1) is 0 Å². The molecule has 0 aliphatic rings. The summed E-state index contributed by atoms with van der Waals surface area (Å²) in [6, 6.07) is 5.86. The molecule has 0 aromatic heterocycles. The van der Waals surface area contributed by atoms with Crippen molar-refractivity contribution < 1.29 is 4.79 Å². The highest BCUT2D eigenvalue weighted by atomic mass is 79.9. The van der Waals surface area contributed by atoms with E-state index in [4.69, 9.17) is 0 Å².